The zero-order chi connectivity index (χ0) is 20.7. The number of amidine groups is 1. The molecule has 0 aromatic heterocycles. The molecule has 6 nitrogen and oxygen atoms in total. The summed E-state index contributed by atoms with van der Waals surface area (Å²) >= 11 is 0. The lowest BCUT2D eigenvalue weighted by Crippen LogP contribution is -2.30. The molecule has 1 aliphatic rings. The van der Waals surface area contributed by atoms with E-state index >= 15 is 0 Å². The fourth-order valence-corrected chi connectivity index (χ4v) is 4.18. The van der Waals surface area contributed by atoms with E-state index in [9.17, 15) is 17.6 Å². The van der Waals surface area contributed by atoms with Gasteiger partial charge in [-0.1, -0.05) is 24.6 Å². The first-order chi connectivity index (χ1) is 13.9. The highest BCUT2D eigenvalue weighted by molar-refractivity contribution is 7.90. The summed E-state index contributed by atoms with van der Waals surface area (Å²) in [6, 6.07) is 12.1. The summed E-state index contributed by atoms with van der Waals surface area (Å²) in [6.45, 7) is 0.627. The quantitative estimate of drug-likeness (QED) is 0.752. The van der Waals surface area contributed by atoms with Crippen LogP contribution < -0.4 is 10.0 Å². The number of aliphatic imine (C=N–C) groups is 1. The number of nitrogens with zero attached hydrogens (tertiary/aromatic N) is 1. The number of carbonyl (C=O) groups is 1. The summed E-state index contributed by atoms with van der Waals surface area (Å²) in [6.07, 6.45) is 4.19. The standard InChI is InChI=1S/C21H24FN3O3S/c22-17-11-8-16(9-12-17)10-13-21(26)24-18-5-4-6-19(15-18)29(27,28)25-20-7-2-1-3-14-23-20/h4-6,8-9,11-12,15H,1-3,7,10,13-14H2,(H,23,25)(H,24,26). The molecule has 0 radical (unpaired) electrons. The van der Waals surface area contributed by atoms with E-state index in [1.165, 1.54) is 24.3 Å². The molecule has 3 rings (SSSR count). The fourth-order valence-electron chi connectivity index (χ4n) is 3.04. The van der Waals surface area contributed by atoms with E-state index < -0.39 is 10.0 Å². The Morgan fingerprint density at radius 3 is 2.66 bits per heavy atom. The van der Waals surface area contributed by atoms with Crippen molar-refractivity contribution < 1.29 is 17.6 Å². The Morgan fingerprint density at radius 1 is 1.07 bits per heavy atom. The monoisotopic (exact) mass is 417 g/mol. The highest BCUT2D eigenvalue weighted by Crippen LogP contribution is 2.17. The van der Waals surface area contributed by atoms with Crippen LogP contribution in [0, 0.1) is 5.82 Å². The molecule has 1 heterocycles. The van der Waals surface area contributed by atoms with Gasteiger partial charge < -0.3 is 5.32 Å². The minimum atomic E-state index is -3.76. The van der Waals surface area contributed by atoms with E-state index in [1.54, 1.807) is 24.3 Å². The van der Waals surface area contributed by atoms with Gasteiger partial charge in [-0.2, -0.15) is 0 Å². The van der Waals surface area contributed by atoms with Crippen LogP contribution in [-0.2, 0) is 21.2 Å². The number of aryl methyl sites for hydroxylation is 1. The number of carbonyl (C=O) groups excluding carboxylic acids is 1. The molecule has 29 heavy (non-hydrogen) atoms. The molecule has 0 aliphatic carbocycles. The van der Waals surface area contributed by atoms with E-state index in [-0.39, 0.29) is 23.0 Å². The molecule has 2 aromatic rings. The number of sulfonamides is 1. The van der Waals surface area contributed by atoms with Crippen molar-refractivity contribution in [3.8, 4) is 0 Å². The number of nitrogens with one attached hydrogen (secondary N) is 2. The van der Waals surface area contributed by atoms with Gasteiger partial charge in [-0.05, 0) is 55.2 Å². The molecular weight excluding hydrogens is 393 g/mol. The van der Waals surface area contributed by atoms with Crippen LogP contribution >= 0.6 is 0 Å². The van der Waals surface area contributed by atoms with Crippen molar-refractivity contribution in [1.82, 2.24) is 4.72 Å². The molecule has 0 unspecified atom stereocenters. The smallest absolute Gasteiger partial charge is 0.262 e. The maximum Gasteiger partial charge on any atom is 0.262 e. The molecule has 2 N–H and O–H groups in total. The van der Waals surface area contributed by atoms with Crippen molar-refractivity contribution >= 4 is 27.5 Å². The van der Waals surface area contributed by atoms with Crippen LogP contribution in [0.4, 0.5) is 10.1 Å². The van der Waals surface area contributed by atoms with Crippen LogP contribution in [0.15, 0.2) is 58.4 Å². The molecule has 154 valence electrons. The number of halogens is 1. The average Bonchev–Trinajstić information content (AvgIpc) is 2.96. The maximum absolute atomic E-state index is 12.9. The topological polar surface area (TPSA) is 87.6 Å². The van der Waals surface area contributed by atoms with Gasteiger partial charge in [-0.3, -0.25) is 14.5 Å². The number of hydrogen-bond donors (Lipinski definition) is 2. The zero-order valence-electron chi connectivity index (χ0n) is 16.0. The minimum absolute atomic E-state index is 0.0702. The molecule has 0 fully saturated rings. The SMILES string of the molecule is O=C(CCc1ccc(F)cc1)Nc1cccc(S(=O)(=O)NC2=NCCCCC2)c1. The normalized spacial score (nSPS) is 14.6. The summed E-state index contributed by atoms with van der Waals surface area (Å²) in [5.41, 5.74) is 1.26. The van der Waals surface area contributed by atoms with E-state index in [0.717, 1.165) is 24.8 Å². The van der Waals surface area contributed by atoms with Crippen LogP contribution in [0.5, 0.6) is 0 Å². The van der Waals surface area contributed by atoms with E-state index in [0.29, 0.717) is 30.9 Å². The van der Waals surface area contributed by atoms with Gasteiger partial charge in [0.2, 0.25) is 5.91 Å². The Bertz CT molecular complexity index is 988. The van der Waals surface area contributed by atoms with Crippen molar-refractivity contribution in [3.05, 3.63) is 59.9 Å². The van der Waals surface area contributed by atoms with E-state index in [2.05, 4.69) is 15.0 Å². The van der Waals surface area contributed by atoms with Crippen LogP contribution in [0.3, 0.4) is 0 Å². The second kappa shape index (κ2) is 9.65. The van der Waals surface area contributed by atoms with Gasteiger partial charge in [0.25, 0.3) is 10.0 Å². The van der Waals surface area contributed by atoms with Crippen LogP contribution in [-0.4, -0.2) is 26.7 Å². The predicted octanol–water partition coefficient (Wildman–Crippen LogP) is 3.65. The van der Waals surface area contributed by atoms with Crippen molar-refractivity contribution in [2.75, 3.05) is 11.9 Å². The van der Waals surface area contributed by atoms with Gasteiger partial charge in [0, 0.05) is 25.1 Å². The Morgan fingerprint density at radius 2 is 1.86 bits per heavy atom. The molecule has 0 spiro atoms. The van der Waals surface area contributed by atoms with Crippen molar-refractivity contribution in [2.45, 2.75) is 43.4 Å². The predicted molar refractivity (Wildman–Crippen MR) is 111 cm³/mol. The molecule has 2 aromatic carbocycles. The van der Waals surface area contributed by atoms with Gasteiger partial charge >= 0.3 is 0 Å². The Kier molecular flexibility index (Phi) is 6.98. The van der Waals surface area contributed by atoms with Gasteiger partial charge in [-0.15, -0.1) is 0 Å². The zero-order valence-corrected chi connectivity index (χ0v) is 16.8. The second-order valence-electron chi connectivity index (χ2n) is 6.95. The molecule has 0 saturated carbocycles. The lowest BCUT2D eigenvalue weighted by Gasteiger charge is -2.11. The molecule has 0 bridgehead atoms. The van der Waals surface area contributed by atoms with Crippen LogP contribution in [0.1, 0.15) is 37.7 Å². The van der Waals surface area contributed by atoms with Crippen LogP contribution in [0.2, 0.25) is 0 Å². The summed E-state index contributed by atoms with van der Waals surface area (Å²) in [5.74, 6) is -0.0825. The average molecular weight is 418 g/mol. The first kappa shape index (κ1) is 21.0. The molecule has 0 saturated heterocycles. The Hall–Kier alpha value is -2.74. The highest BCUT2D eigenvalue weighted by atomic mass is 32.2. The lowest BCUT2D eigenvalue weighted by atomic mass is 10.1. The van der Waals surface area contributed by atoms with Crippen molar-refractivity contribution in [1.29, 1.82) is 0 Å². The number of anilines is 1. The largest absolute Gasteiger partial charge is 0.326 e. The second-order valence-corrected chi connectivity index (χ2v) is 8.63. The Labute approximate surface area is 170 Å². The number of rotatable bonds is 6. The van der Waals surface area contributed by atoms with Gasteiger partial charge in [-0.25, -0.2) is 12.8 Å². The number of hydrogen-bond acceptors (Lipinski definition) is 4. The highest BCUT2D eigenvalue weighted by Gasteiger charge is 2.18. The van der Waals surface area contributed by atoms with Crippen molar-refractivity contribution in [2.24, 2.45) is 4.99 Å². The third-order valence-corrected chi connectivity index (χ3v) is 5.99. The minimum Gasteiger partial charge on any atom is -0.326 e. The molecule has 1 aliphatic heterocycles. The molecular formula is C21H24FN3O3S. The van der Waals surface area contributed by atoms with Gasteiger partial charge in [0.1, 0.15) is 11.7 Å². The van der Waals surface area contributed by atoms with E-state index in [1.807, 2.05) is 0 Å². The number of benzene rings is 2. The molecule has 0 atom stereocenters. The van der Waals surface area contributed by atoms with Crippen molar-refractivity contribution in [3.63, 3.8) is 0 Å². The summed E-state index contributed by atoms with van der Waals surface area (Å²) < 4.78 is 40.8. The molecule has 1 amide bonds. The summed E-state index contributed by atoms with van der Waals surface area (Å²) in [7, 11) is -3.76. The first-order valence-electron chi connectivity index (χ1n) is 9.63. The number of amides is 1. The van der Waals surface area contributed by atoms with Crippen LogP contribution in [0.25, 0.3) is 0 Å². The third-order valence-electron chi connectivity index (χ3n) is 4.61. The van der Waals surface area contributed by atoms with E-state index in [4.69, 9.17) is 0 Å². The lowest BCUT2D eigenvalue weighted by molar-refractivity contribution is -0.116. The van der Waals surface area contributed by atoms with Gasteiger partial charge in [0.15, 0.2) is 0 Å². The molecule has 8 heteroatoms. The first-order valence-corrected chi connectivity index (χ1v) is 11.1. The Balaban J connectivity index is 1.61. The van der Waals surface area contributed by atoms with Gasteiger partial charge in [0.05, 0.1) is 4.90 Å². The summed E-state index contributed by atoms with van der Waals surface area (Å²) in [5, 5.41) is 2.71. The summed E-state index contributed by atoms with van der Waals surface area (Å²) in [4.78, 5) is 16.6. The maximum atomic E-state index is 12.9. The fraction of sp³-hybridized carbons (Fsp3) is 0.333. The third kappa shape index (κ3) is 6.39.